The SMILES string of the molecule is C/C=C(\C)F.CC.CC(=O)N1CCC(C#N)(c2cccc(-c3cnc(N)c(OC(O)c4c(Cl)ccc(C)c4N)c3)c2)CC1. The summed E-state index contributed by atoms with van der Waals surface area (Å²) in [5, 5.41) is 21.1. The first-order chi connectivity index (χ1) is 20.4. The van der Waals surface area contributed by atoms with E-state index >= 15 is 0 Å². The number of carbonyl (C=O) groups is 1. The van der Waals surface area contributed by atoms with E-state index in [-0.39, 0.29) is 33.9 Å². The molecule has 0 bridgehead atoms. The summed E-state index contributed by atoms with van der Waals surface area (Å²) in [5.74, 6) is 0.171. The van der Waals surface area contributed by atoms with Gasteiger partial charge in [0.05, 0.1) is 27.9 Å². The Bertz CT molecular complexity index is 1480. The summed E-state index contributed by atoms with van der Waals surface area (Å²) in [6, 6.07) is 15.3. The maximum Gasteiger partial charge on any atom is 0.227 e. The molecule has 43 heavy (non-hydrogen) atoms. The van der Waals surface area contributed by atoms with Gasteiger partial charge in [-0.3, -0.25) is 4.79 Å². The number of hydrogen-bond donors (Lipinski definition) is 3. The zero-order valence-corrected chi connectivity index (χ0v) is 26.4. The number of ether oxygens (including phenoxy) is 1. The summed E-state index contributed by atoms with van der Waals surface area (Å²) in [6.45, 7) is 11.5. The molecule has 0 saturated carbocycles. The molecule has 8 nitrogen and oxygen atoms in total. The van der Waals surface area contributed by atoms with Crippen LogP contribution >= 0.6 is 11.6 Å². The minimum atomic E-state index is -1.45. The zero-order valence-electron chi connectivity index (χ0n) is 25.6. The summed E-state index contributed by atoms with van der Waals surface area (Å²) in [5.41, 5.74) is 15.2. The van der Waals surface area contributed by atoms with Crippen LogP contribution in [-0.2, 0) is 10.2 Å². The second-order valence-corrected chi connectivity index (χ2v) is 10.3. The molecular weight excluding hydrogens is 569 g/mol. The topological polar surface area (TPSA) is 138 Å². The van der Waals surface area contributed by atoms with E-state index in [1.165, 1.54) is 13.0 Å². The Hall–Kier alpha value is -4.13. The number of aliphatic hydroxyl groups is 1. The van der Waals surface area contributed by atoms with Crippen LogP contribution in [0.4, 0.5) is 15.9 Å². The number of benzene rings is 2. The lowest BCUT2D eigenvalue weighted by atomic mass is 9.73. The average Bonchev–Trinajstić information content (AvgIpc) is 3.01. The Balaban J connectivity index is 0.000000836. The summed E-state index contributed by atoms with van der Waals surface area (Å²) in [4.78, 5) is 17.7. The Morgan fingerprint density at radius 3 is 2.37 bits per heavy atom. The van der Waals surface area contributed by atoms with Gasteiger partial charge in [0.1, 0.15) is 0 Å². The molecule has 1 aliphatic heterocycles. The van der Waals surface area contributed by atoms with Gasteiger partial charge in [0.15, 0.2) is 11.6 Å². The van der Waals surface area contributed by atoms with Crippen molar-refractivity contribution in [3.05, 3.63) is 82.3 Å². The Morgan fingerprint density at radius 2 is 1.81 bits per heavy atom. The van der Waals surface area contributed by atoms with Crippen LogP contribution in [0.5, 0.6) is 5.75 Å². The van der Waals surface area contributed by atoms with E-state index in [1.54, 1.807) is 43.1 Å². The Kier molecular flexibility index (Phi) is 13.0. The van der Waals surface area contributed by atoms with Crippen molar-refractivity contribution in [1.82, 2.24) is 9.88 Å². The highest BCUT2D eigenvalue weighted by Gasteiger charge is 2.37. The maximum absolute atomic E-state index is 11.7. The molecule has 1 amide bonds. The number of nitrogens with two attached hydrogens (primary N) is 2. The second kappa shape index (κ2) is 15.9. The lowest BCUT2D eigenvalue weighted by Gasteiger charge is -2.37. The van der Waals surface area contributed by atoms with Crippen LogP contribution < -0.4 is 16.2 Å². The summed E-state index contributed by atoms with van der Waals surface area (Å²) >= 11 is 6.26. The van der Waals surface area contributed by atoms with Gasteiger partial charge < -0.3 is 26.2 Å². The molecular formula is C33H41ClFN5O3. The minimum Gasteiger partial charge on any atom is -0.457 e. The number of allylic oxidation sites excluding steroid dienone is 2. The molecule has 5 N–H and O–H groups in total. The van der Waals surface area contributed by atoms with Crippen molar-refractivity contribution in [2.24, 2.45) is 0 Å². The molecule has 1 fully saturated rings. The third-order valence-corrected chi connectivity index (χ3v) is 7.57. The van der Waals surface area contributed by atoms with Crippen LogP contribution in [-0.4, -0.2) is 34.0 Å². The van der Waals surface area contributed by atoms with E-state index in [0.29, 0.717) is 37.2 Å². The number of anilines is 2. The van der Waals surface area contributed by atoms with Gasteiger partial charge in [-0.15, -0.1) is 0 Å². The van der Waals surface area contributed by atoms with Gasteiger partial charge in [0.25, 0.3) is 0 Å². The Labute approximate surface area is 258 Å². The molecule has 0 spiro atoms. The fourth-order valence-electron chi connectivity index (χ4n) is 4.52. The summed E-state index contributed by atoms with van der Waals surface area (Å²) in [7, 11) is 0. The fraction of sp³-hybridized carbons (Fsp3) is 0.364. The number of halogens is 2. The van der Waals surface area contributed by atoms with Gasteiger partial charge in [-0.1, -0.05) is 55.8 Å². The van der Waals surface area contributed by atoms with Crippen molar-refractivity contribution < 1.29 is 19.0 Å². The first-order valence-corrected chi connectivity index (χ1v) is 14.5. The second-order valence-electron chi connectivity index (χ2n) is 9.93. The van der Waals surface area contributed by atoms with E-state index in [1.807, 2.05) is 45.0 Å². The Morgan fingerprint density at radius 1 is 1.19 bits per heavy atom. The van der Waals surface area contributed by atoms with Gasteiger partial charge in [0.2, 0.25) is 12.2 Å². The van der Waals surface area contributed by atoms with Crippen LogP contribution in [0.3, 0.4) is 0 Å². The summed E-state index contributed by atoms with van der Waals surface area (Å²) < 4.78 is 17.0. The quantitative estimate of drug-likeness (QED) is 0.204. The molecule has 2 heterocycles. The first kappa shape index (κ1) is 35.1. The highest BCUT2D eigenvalue weighted by Crippen LogP contribution is 2.38. The number of likely N-dealkylation sites (tertiary alicyclic amines) is 1. The molecule has 10 heteroatoms. The van der Waals surface area contributed by atoms with E-state index in [0.717, 1.165) is 16.7 Å². The number of piperidine rings is 1. The van der Waals surface area contributed by atoms with Crippen molar-refractivity contribution in [1.29, 1.82) is 5.26 Å². The van der Waals surface area contributed by atoms with Gasteiger partial charge in [-0.05, 0) is 68.5 Å². The van der Waals surface area contributed by atoms with Crippen molar-refractivity contribution in [3.8, 4) is 22.9 Å². The van der Waals surface area contributed by atoms with Crippen molar-refractivity contribution in [3.63, 3.8) is 0 Å². The highest BCUT2D eigenvalue weighted by molar-refractivity contribution is 6.31. The van der Waals surface area contributed by atoms with E-state index in [9.17, 15) is 19.6 Å². The van der Waals surface area contributed by atoms with Crippen LogP contribution in [0.1, 0.15) is 70.4 Å². The number of amides is 1. The number of carbonyl (C=O) groups excluding carboxylic acids is 1. The number of aromatic nitrogens is 1. The molecule has 4 rings (SSSR count). The molecule has 1 atom stereocenters. The number of nitrogen functional groups attached to an aromatic ring is 2. The van der Waals surface area contributed by atoms with Gasteiger partial charge in [-0.25, -0.2) is 9.37 Å². The molecule has 0 aliphatic carbocycles. The maximum atomic E-state index is 11.7. The summed E-state index contributed by atoms with van der Waals surface area (Å²) in [6.07, 6.45) is 2.70. The predicted molar refractivity (Wildman–Crippen MR) is 171 cm³/mol. The standard InChI is InChI=1S/C27H28ClN5O3.C4H7F.C2H6/c1-16-6-7-21(28)23(24(16)30)26(35)36-22-13-19(14-32-25(22)31)18-4-3-5-20(12-18)27(15-29)8-10-33(11-9-27)17(2)34;1-3-4(2)5;1-2/h3-7,12-14,26,35H,8-11,30H2,1-2H3,(H2,31,32);3H,1-2H3;1-2H3/b;4-3+;. The number of nitrogens with zero attached hydrogens (tertiary/aromatic N) is 3. The number of pyridine rings is 1. The fourth-order valence-corrected chi connectivity index (χ4v) is 4.78. The third kappa shape index (κ3) is 8.69. The number of aryl methyl sites for hydroxylation is 1. The zero-order chi connectivity index (χ0) is 32.3. The number of aliphatic hydroxyl groups excluding tert-OH is 1. The lowest BCUT2D eigenvalue weighted by Crippen LogP contribution is -2.43. The number of hydrogen-bond acceptors (Lipinski definition) is 7. The molecule has 1 aromatic heterocycles. The molecule has 1 unspecified atom stereocenters. The molecule has 230 valence electrons. The minimum absolute atomic E-state index is 0.0201. The van der Waals surface area contributed by atoms with Crippen LogP contribution in [0.15, 0.2) is 60.6 Å². The predicted octanol–water partition coefficient (Wildman–Crippen LogP) is 7.25. The van der Waals surface area contributed by atoms with Gasteiger partial charge in [0, 0.05) is 37.5 Å². The van der Waals surface area contributed by atoms with Crippen molar-refractivity contribution >= 4 is 29.0 Å². The van der Waals surface area contributed by atoms with Crippen LogP contribution in [0.25, 0.3) is 11.1 Å². The molecule has 0 radical (unpaired) electrons. The molecule has 3 aromatic rings. The van der Waals surface area contributed by atoms with Gasteiger partial charge >= 0.3 is 0 Å². The largest absolute Gasteiger partial charge is 0.457 e. The lowest BCUT2D eigenvalue weighted by molar-refractivity contribution is -0.130. The number of rotatable bonds is 5. The van der Waals surface area contributed by atoms with Crippen molar-refractivity contribution in [2.45, 2.75) is 66.1 Å². The molecule has 1 aliphatic rings. The normalized spacial score (nSPS) is 14.7. The van der Waals surface area contributed by atoms with E-state index in [4.69, 9.17) is 27.8 Å². The molecule has 2 aromatic carbocycles. The third-order valence-electron chi connectivity index (χ3n) is 7.24. The highest BCUT2D eigenvalue weighted by atomic mass is 35.5. The average molecular weight is 610 g/mol. The van der Waals surface area contributed by atoms with Crippen LogP contribution in [0, 0.1) is 18.3 Å². The van der Waals surface area contributed by atoms with Crippen molar-refractivity contribution in [2.75, 3.05) is 24.6 Å². The van der Waals surface area contributed by atoms with Gasteiger partial charge in [-0.2, -0.15) is 5.26 Å². The van der Waals surface area contributed by atoms with E-state index < -0.39 is 11.7 Å². The number of nitriles is 1. The monoisotopic (exact) mass is 609 g/mol. The van der Waals surface area contributed by atoms with Crippen LogP contribution in [0.2, 0.25) is 5.02 Å². The smallest absolute Gasteiger partial charge is 0.227 e. The molecule has 1 saturated heterocycles. The van der Waals surface area contributed by atoms with E-state index in [2.05, 4.69) is 11.1 Å². The first-order valence-electron chi connectivity index (χ1n) is 14.1.